The number of hydrogen-bond donors (Lipinski definition) is 0. The van der Waals surface area contributed by atoms with E-state index in [1.807, 2.05) is 0 Å². The summed E-state index contributed by atoms with van der Waals surface area (Å²) in [6.07, 6.45) is 7.77. The molecule has 0 N–H and O–H groups in total. The van der Waals surface area contributed by atoms with Gasteiger partial charge >= 0.3 is 0 Å². The lowest BCUT2D eigenvalue weighted by molar-refractivity contribution is 0.956. The van der Waals surface area contributed by atoms with Gasteiger partial charge in [0.1, 0.15) is 0 Å². The summed E-state index contributed by atoms with van der Waals surface area (Å²) in [5, 5.41) is 2.57. The van der Waals surface area contributed by atoms with Gasteiger partial charge in [-0.25, -0.2) is 0 Å². The molecule has 2 rings (SSSR count). The fraction of sp³-hybridized carbons (Fsp3) is 0.200. The number of unbranched alkanes of at least 4 members (excludes halogenated alkanes) is 1. The number of benzene rings is 2. The second kappa shape index (κ2) is 4.79. The maximum atomic E-state index is 3.36. The van der Waals surface area contributed by atoms with Gasteiger partial charge in [-0.3, -0.25) is 0 Å². The van der Waals surface area contributed by atoms with Gasteiger partial charge in [0.25, 0.3) is 0 Å². The molecule has 2 aromatic carbocycles. The fourth-order valence-electron chi connectivity index (χ4n) is 1.68. The van der Waals surface area contributed by atoms with Gasteiger partial charge in [0.2, 0.25) is 0 Å². The molecule has 0 unspecified atom stereocenters. The van der Waals surface area contributed by atoms with Crippen LogP contribution in [0.2, 0.25) is 0 Å². The van der Waals surface area contributed by atoms with Crippen molar-refractivity contribution in [2.75, 3.05) is 0 Å². The molecule has 0 bridgehead atoms. The Kier molecular flexibility index (Phi) is 3.18. The van der Waals surface area contributed by atoms with Gasteiger partial charge in [0.05, 0.1) is 0 Å². The Balaban J connectivity index is 2.42. The van der Waals surface area contributed by atoms with Crippen LogP contribution >= 0.6 is 0 Å². The number of rotatable bonds is 3. The van der Waals surface area contributed by atoms with Crippen molar-refractivity contribution in [1.29, 1.82) is 0 Å². The minimum atomic E-state index is 1.10. The predicted molar refractivity (Wildman–Crippen MR) is 65.8 cm³/mol. The zero-order valence-corrected chi connectivity index (χ0v) is 9.03. The van der Waals surface area contributed by atoms with Crippen molar-refractivity contribution in [2.24, 2.45) is 0 Å². The minimum absolute atomic E-state index is 1.10. The summed E-state index contributed by atoms with van der Waals surface area (Å²) in [7, 11) is 0. The summed E-state index contributed by atoms with van der Waals surface area (Å²) in [6, 6.07) is 14.8. The fourth-order valence-corrected chi connectivity index (χ4v) is 1.68. The first-order chi connectivity index (χ1) is 7.42. The van der Waals surface area contributed by atoms with Crippen LogP contribution in [0.4, 0.5) is 0 Å². The van der Waals surface area contributed by atoms with Crippen LogP contribution in [0.15, 0.2) is 48.5 Å². The first-order valence-corrected chi connectivity index (χ1v) is 5.48. The summed E-state index contributed by atoms with van der Waals surface area (Å²) < 4.78 is 0. The van der Waals surface area contributed by atoms with E-state index >= 15 is 0 Å². The lowest BCUT2D eigenvalue weighted by Crippen LogP contribution is -1.78. The van der Waals surface area contributed by atoms with Crippen LogP contribution in [-0.4, -0.2) is 0 Å². The van der Waals surface area contributed by atoms with Crippen LogP contribution in [0.3, 0.4) is 0 Å². The molecule has 0 aliphatic rings. The SMILES string of the molecule is CCC/C=[C]\c1cccc2ccccc12. The molecule has 1 radical (unpaired) electrons. The van der Waals surface area contributed by atoms with E-state index in [0.29, 0.717) is 0 Å². The molecule has 0 saturated heterocycles. The second-order valence-electron chi connectivity index (χ2n) is 3.66. The van der Waals surface area contributed by atoms with Crippen LogP contribution in [0.1, 0.15) is 25.3 Å². The number of fused-ring (bicyclic) bond motifs is 1. The maximum Gasteiger partial charge on any atom is -0.0102 e. The molecule has 0 nitrogen and oxygen atoms in total. The Morgan fingerprint density at radius 2 is 1.87 bits per heavy atom. The smallest absolute Gasteiger partial charge is 0.0102 e. The van der Waals surface area contributed by atoms with Crippen LogP contribution in [0.5, 0.6) is 0 Å². The van der Waals surface area contributed by atoms with Gasteiger partial charge < -0.3 is 0 Å². The van der Waals surface area contributed by atoms with Crippen molar-refractivity contribution in [1.82, 2.24) is 0 Å². The third-order valence-electron chi connectivity index (χ3n) is 2.48. The van der Waals surface area contributed by atoms with E-state index < -0.39 is 0 Å². The molecular weight excluding hydrogens is 180 g/mol. The second-order valence-corrected chi connectivity index (χ2v) is 3.66. The monoisotopic (exact) mass is 195 g/mol. The Morgan fingerprint density at radius 1 is 1.07 bits per heavy atom. The summed E-state index contributed by atoms with van der Waals surface area (Å²) in [5.41, 5.74) is 1.20. The molecular formula is C15H15. The third-order valence-corrected chi connectivity index (χ3v) is 2.48. The third kappa shape index (κ3) is 2.27. The average molecular weight is 195 g/mol. The van der Waals surface area contributed by atoms with Gasteiger partial charge in [-0.15, -0.1) is 0 Å². The Hall–Kier alpha value is -1.56. The van der Waals surface area contributed by atoms with E-state index in [4.69, 9.17) is 0 Å². The van der Waals surface area contributed by atoms with E-state index in [9.17, 15) is 0 Å². The van der Waals surface area contributed by atoms with E-state index in [2.05, 4.69) is 61.5 Å². The molecule has 0 spiro atoms. The van der Waals surface area contributed by atoms with Gasteiger partial charge in [0, 0.05) is 0 Å². The molecule has 0 heterocycles. The maximum absolute atomic E-state index is 3.36. The van der Waals surface area contributed by atoms with Crippen molar-refractivity contribution in [2.45, 2.75) is 19.8 Å². The van der Waals surface area contributed by atoms with E-state index in [-0.39, 0.29) is 0 Å². The average Bonchev–Trinajstić information content (AvgIpc) is 2.30. The highest BCUT2D eigenvalue weighted by Gasteiger charge is 1.95. The molecule has 75 valence electrons. The van der Waals surface area contributed by atoms with E-state index in [1.165, 1.54) is 22.8 Å². The lowest BCUT2D eigenvalue weighted by atomic mass is 10.0. The molecule has 0 aliphatic heterocycles. The van der Waals surface area contributed by atoms with Crippen molar-refractivity contribution in [3.05, 3.63) is 60.2 Å². The number of hydrogen-bond acceptors (Lipinski definition) is 0. The topological polar surface area (TPSA) is 0 Å². The molecule has 15 heavy (non-hydrogen) atoms. The molecule has 0 aliphatic carbocycles. The van der Waals surface area contributed by atoms with Crippen LogP contribution in [0, 0.1) is 6.08 Å². The van der Waals surface area contributed by atoms with Gasteiger partial charge in [-0.05, 0) is 28.8 Å². The molecule has 0 fully saturated rings. The molecule has 0 saturated carbocycles. The van der Waals surface area contributed by atoms with Crippen LogP contribution in [0.25, 0.3) is 10.8 Å². The minimum Gasteiger partial charge on any atom is -0.0760 e. The van der Waals surface area contributed by atoms with Gasteiger partial charge in [-0.2, -0.15) is 0 Å². The van der Waals surface area contributed by atoms with Gasteiger partial charge in [0.15, 0.2) is 0 Å². The molecule has 2 aromatic rings. The quantitative estimate of drug-likeness (QED) is 0.683. The largest absolute Gasteiger partial charge is 0.0760 e. The molecule has 0 aromatic heterocycles. The zero-order chi connectivity index (χ0) is 10.5. The zero-order valence-electron chi connectivity index (χ0n) is 9.03. The lowest BCUT2D eigenvalue weighted by Gasteiger charge is -2.00. The van der Waals surface area contributed by atoms with Crippen molar-refractivity contribution < 1.29 is 0 Å². The normalized spacial score (nSPS) is 11.3. The van der Waals surface area contributed by atoms with Crippen molar-refractivity contribution >= 4 is 10.8 Å². The van der Waals surface area contributed by atoms with Crippen molar-refractivity contribution in [3.63, 3.8) is 0 Å². The van der Waals surface area contributed by atoms with Crippen LogP contribution < -0.4 is 0 Å². The highest BCUT2D eigenvalue weighted by molar-refractivity contribution is 5.86. The molecule has 0 amide bonds. The van der Waals surface area contributed by atoms with Gasteiger partial charge in [-0.1, -0.05) is 61.9 Å². The number of allylic oxidation sites excluding steroid dienone is 1. The summed E-state index contributed by atoms with van der Waals surface area (Å²) in [6.45, 7) is 2.18. The Morgan fingerprint density at radius 3 is 2.73 bits per heavy atom. The summed E-state index contributed by atoms with van der Waals surface area (Å²) in [5.74, 6) is 0. The summed E-state index contributed by atoms with van der Waals surface area (Å²) in [4.78, 5) is 0. The first kappa shape index (κ1) is 9.97. The standard InChI is InChI=1S/C15H15/c1-2-3-4-8-13-10-7-11-14-9-5-6-12-15(13)14/h4-7,9-12H,2-3H2,1H3. The Labute approximate surface area is 91.2 Å². The van der Waals surface area contributed by atoms with E-state index in [1.54, 1.807) is 0 Å². The Bertz CT molecular complexity index is 461. The highest BCUT2D eigenvalue weighted by atomic mass is 14.0. The summed E-state index contributed by atoms with van der Waals surface area (Å²) >= 11 is 0. The predicted octanol–water partition coefficient (Wildman–Crippen LogP) is 4.35. The van der Waals surface area contributed by atoms with Crippen molar-refractivity contribution in [3.8, 4) is 0 Å². The molecule has 0 atom stereocenters. The molecule has 0 heteroatoms. The van der Waals surface area contributed by atoms with Crippen LogP contribution in [-0.2, 0) is 0 Å². The van der Waals surface area contributed by atoms with E-state index in [0.717, 1.165) is 6.42 Å². The highest BCUT2D eigenvalue weighted by Crippen LogP contribution is 2.18. The first-order valence-electron chi connectivity index (χ1n) is 5.48.